The number of hydrogen-bond acceptors (Lipinski definition) is 4. The fourth-order valence-electron chi connectivity index (χ4n) is 2.88. The maximum absolute atomic E-state index is 12.6. The van der Waals surface area contributed by atoms with Gasteiger partial charge in [-0.3, -0.25) is 4.79 Å². The van der Waals surface area contributed by atoms with Crippen LogP contribution in [0.25, 0.3) is 0 Å². The van der Waals surface area contributed by atoms with E-state index in [0.717, 1.165) is 24.8 Å². The highest BCUT2D eigenvalue weighted by atomic mass is 35.5. The molecule has 1 saturated heterocycles. The molecule has 1 aliphatic rings. The van der Waals surface area contributed by atoms with Gasteiger partial charge in [0.25, 0.3) is 10.0 Å². The second-order valence-electron chi connectivity index (χ2n) is 6.36. The van der Waals surface area contributed by atoms with Crippen molar-refractivity contribution >= 4 is 33.2 Å². The zero-order chi connectivity index (χ0) is 18.7. The minimum absolute atomic E-state index is 0.0221. The summed E-state index contributed by atoms with van der Waals surface area (Å²) >= 11 is 5.95. The Morgan fingerprint density at radius 1 is 1.27 bits per heavy atom. The third-order valence-electron chi connectivity index (χ3n) is 4.33. The molecular formula is C17H21ClN4O3S. The Kier molecular flexibility index (Phi) is 5.64. The summed E-state index contributed by atoms with van der Waals surface area (Å²) in [5.41, 5.74) is 1.52. The molecule has 0 radical (unpaired) electrons. The Morgan fingerprint density at radius 2 is 2.00 bits per heavy atom. The van der Waals surface area contributed by atoms with Gasteiger partial charge in [0.05, 0.1) is 6.33 Å². The van der Waals surface area contributed by atoms with Crippen LogP contribution in [0.4, 0.5) is 5.69 Å². The minimum atomic E-state index is -3.60. The molecule has 1 aromatic heterocycles. The first-order valence-corrected chi connectivity index (χ1v) is 10.3. The number of imidazole rings is 1. The number of benzene rings is 1. The van der Waals surface area contributed by atoms with Crippen molar-refractivity contribution in [3.05, 3.63) is 41.3 Å². The SMILES string of the molecule is Cc1ccc(Cl)cc1NC(=O)Cn1cnc(S(=O)(=O)N2CCCCC2)c1. The lowest BCUT2D eigenvalue weighted by Gasteiger charge is -2.24. The van der Waals surface area contributed by atoms with E-state index in [0.29, 0.717) is 23.8 Å². The number of hydrogen-bond donors (Lipinski definition) is 1. The molecule has 9 heteroatoms. The summed E-state index contributed by atoms with van der Waals surface area (Å²) in [6, 6.07) is 5.24. The number of anilines is 1. The lowest BCUT2D eigenvalue weighted by molar-refractivity contribution is -0.116. The number of piperidine rings is 1. The van der Waals surface area contributed by atoms with Gasteiger partial charge in [-0.1, -0.05) is 24.1 Å². The van der Waals surface area contributed by atoms with E-state index in [4.69, 9.17) is 11.6 Å². The lowest BCUT2D eigenvalue weighted by Crippen LogP contribution is -2.35. The van der Waals surface area contributed by atoms with Gasteiger partial charge in [-0.15, -0.1) is 0 Å². The topological polar surface area (TPSA) is 84.3 Å². The first-order valence-electron chi connectivity index (χ1n) is 8.44. The molecule has 2 aromatic rings. The summed E-state index contributed by atoms with van der Waals surface area (Å²) in [5.74, 6) is -0.283. The van der Waals surface area contributed by atoms with Gasteiger partial charge < -0.3 is 9.88 Å². The first kappa shape index (κ1) is 18.9. The van der Waals surface area contributed by atoms with E-state index in [9.17, 15) is 13.2 Å². The van der Waals surface area contributed by atoms with Crippen molar-refractivity contribution in [1.82, 2.24) is 13.9 Å². The standard InChI is InChI=1S/C17H21ClN4O3S/c1-13-5-6-14(18)9-15(13)20-16(23)10-21-11-17(19-12-21)26(24,25)22-7-3-2-4-8-22/h5-6,9,11-12H,2-4,7-8,10H2,1H3,(H,20,23). The first-order chi connectivity index (χ1) is 12.4. The van der Waals surface area contributed by atoms with E-state index >= 15 is 0 Å². The molecule has 1 aliphatic heterocycles. The number of nitrogens with one attached hydrogen (secondary N) is 1. The van der Waals surface area contributed by atoms with Gasteiger partial charge in [-0.2, -0.15) is 4.31 Å². The van der Waals surface area contributed by atoms with Crippen LogP contribution in [0.2, 0.25) is 5.02 Å². The maximum Gasteiger partial charge on any atom is 0.262 e. The minimum Gasteiger partial charge on any atom is -0.327 e. The van der Waals surface area contributed by atoms with Crippen molar-refractivity contribution in [3.63, 3.8) is 0 Å². The third kappa shape index (κ3) is 4.25. The van der Waals surface area contributed by atoms with E-state index in [1.165, 1.54) is 21.4 Å². The molecule has 0 saturated carbocycles. The average molecular weight is 397 g/mol. The molecule has 1 fully saturated rings. The van der Waals surface area contributed by atoms with Crippen LogP contribution in [-0.4, -0.2) is 41.3 Å². The van der Waals surface area contributed by atoms with Crippen LogP contribution in [0.1, 0.15) is 24.8 Å². The molecule has 26 heavy (non-hydrogen) atoms. The number of rotatable bonds is 5. The number of nitrogens with zero attached hydrogens (tertiary/aromatic N) is 3. The van der Waals surface area contributed by atoms with Gasteiger partial charge in [0.2, 0.25) is 5.91 Å². The van der Waals surface area contributed by atoms with E-state index in [2.05, 4.69) is 10.3 Å². The van der Waals surface area contributed by atoms with Crippen LogP contribution in [0, 0.1) is 6.92 Å². The summed E-state index contributed by atoms with van der Waals surface area (Å²) < 4.78 is 28.1. The quantitative estimate of drug-likeness (QED) is 0.842. The van der Waals surface area contributed by atoms with Crippen LogP contribution < -0.4 is 5.32 Å². The van der Waals surface area contributed by atoms with Crippen molar-refractivity contribution in [2.75, 3.05) is 18.4 Å². The summed E-state index contributed by atoms with van der Waals surface area (Å²) in [5, 5.41) is 3.29. The largest absolute Gasteiger partial charge is 0.327 e. The molecule has 0 aliphatic carbocycles. The van der Waals surface area contributed by atoms with Crippen molar-refractivity contribution in [3.8, 4) is 0 Å². The van der Waals surface area contributed by atoms with Crippen molar-refractivity contribution < 1.29 is 13.2 Å². The Hall–Kier alpha value is -1.90. The normalized spacial score (nSPS) is 15.8. The molecule has 0 spiro atoms. The van der Waals surface area contributed by atoms with E-state index < -0.39 is 10.0 Å². The van der Waals surface area contributed by atoms with Crippen LogP contribution in [-0.2, 0) is 21.4 Å². The Bertz CT molecular complexity index is 904. The average Bonchev–Trinajstić information content (AvgIpc) is 3.08. The van der Waals surface area contributed by atoms with E-state index in [-0.39, 0.29) is 17.5 Å². The van der Waals surface area contributed by atoms with Gasteiger partial charge in [0, 0.05) is 30.0 Å². The highest BCUT2D eigenvalue weighted by Gasteiger charge is 2.28. The number of sulfonamides is 1. The van der Waals surface area contributed by atoms with Crippen LogP contribution in [0.5, 0.6) is 0 Å². The van der Waals surface area contributed by atoms with Gasteiger partial charge in [0.15, 0.2) is 5.03 Å². The maximum atomic E-state index is 12.6. The van der Waals surface area contributed by atoms with Crippen molar-refractivity contribution in [2.24, 2.45) is 0 Å². The summed E-state index contributed by atoms with van der Waals surface area (Å²) in [7, 11) is -3.60. The Balaban J connectivity index is 1.68. The molecule has 1 amide bonds. The molecule has 0 bridgehead atoms. The number of amides is 1. The van der Waals surface area contributed by atoms with Crippen LogP contribution in [0.3, 0.4) is 0 Å². The summed E-state index contributed by atoms with van der Waals surface area (Å²) in [4.78, 5) is 16.2. The fraction of sp³-hybridized carbons (Fsp3) is 0.412. The highest BCUT2D eigenvalue weighted by Crippen LogP contribution is 2.21. The van der Waals surface area contributed by atoms with Crippen molar-refractivity contribution in [2.45, 2.75) is 37.8 Å². The molecule has 7 nitrogen and oxygen atoms in total. The predicted molar refractivity (Wildman–Crippen MR) is 99.7 cm³/mol. The second kappa shape index (κ2) is 7.77. The number of halogens is 1. The van der Waals surface area contributed by atoms with Gasteiger partial charge in [0.1, 0.15) is 6.54 Å². The zero-order valence-electron chi connectivity index (χ0n) is 14.5. The molecule has 2 heterocycles. The summed E-state index contributed by atoms with van der Waals surface area (Å²) in [6.07, 6.45) is 5.53. The lowest BCUT2D eigenvalue weighted by atomic mass is 10.2. The predicted octanol–water partition coefficient (Wildman–Crippen LogP) is 2.66. The van der Waals surface area contributed by atoms with Crippen molar-refractivity contribution in [1.29, 1.82) is 0 Å². The summed E-state index contributed by atoms with van der Waals surface area (Å²) in [6.45, 7) is 2.87. The zero-order valence-corrected chi connectivity index (χ0v) is 16.1. The van der Waals surface area contributed by atoms with Crippen LogP contribution >= 0.6 is 11.6 Å². The Morgan fingerprint density at radius 3 is 2.73 bits per heavy atom. The molecule has 0 atom stereocenters. The number of aryl methyl sites for hydroxylation is 1. The number of aromatic nitrogens is 2. The monoisotopic (exact) mass is 396 g/mol. The molecule has 1 N–H and O–H groups in total. The molecule has 3 rings (SSSR count). The smallest absolute Gasteiger partial charge is 0.262 e. The second-order valence-corrected chi connectivity index (χ2v) is 8.68. The van der Waals surface area contributed by atoms with Gasteiger partial charge in [-0.25, -0.2) is 13.4 Å². The molecule has 0 unspecified atom stereocenters. The fourth-order valence-corrected chi connectivity index (χ4v) is 4.51. The van der Waals surface area contributed by atoms with Gasteiger partial charge in [-0.05, 0) is 37.5 Å². The molecular weight excluding hydrogens is 376 g/mol. The van der Waals surface area contributed by atoms with Gasteiger partial charge >= 0.3 is 0 Å². The third-order valence-corrected chi connectivity index (χ3v) is 6.35. The van der Waals surface area contributed by atoms with Crippen LogP contribution in [0.15, 0.2) is 35.7 Å². The molecule has 140 valence electrons. The van der Waals surface area contributed by atoms with E-state index in [1.807, 2.05) is 13.0 Å². The molecule has 1 aromatic carbocycles. The number of carbonyl (C=O) groups excluding carboxylic acids is 1. The van der Waals surface area contributed by atoms with E-state index in [1.54, 1.807) is 12.1 Å². The highest BCUT2D eigenvalue weighted by molar-refractivity contribution is 7.89. The number of carbonyl (C=O) groups is 1. The Labute approximate surface area is 158 Å².